The van der Waals surface area contributed by atoms with Crippen molar-refractivity contribution < 1.29 is 9.53 Å². The van der Waals surface area contributed by atoms with Gasteiger partial charge in [-0.2, -0.15) is 0 Å². The molecule has 0 spiro atoms. The van der Waals surface area contributed by atoms with Crippen LogP contribution >= 0.6 is 11.3 Å². The van der Waals surface area contributed by atoms with Crippen molar-refractivity contribution in [3.8, 4) is 11.3 Å². The molecule has 0 aliphatic carbocycles. The Morgan fingerprint density at radius 3 is 2.69 bits per heavy atom. The average molecular weight is 408 g/mol. The minimum atomic E-state index is -0.129. The molecule has 29 heavy (non-hydrogen) atoms. The van der Waals surface area contributed by atoms with Crippen LogP contribution in [-0.2, 0) is 17.7 Å². The molecule has 2 heterocycles. The molecule has 1 saturated heterocycles. The zero-order chi connectivity index (χ0) is 20.1. The largest absolute Gasteiger partial charge is 0.379 e. The molecule has 0 bridgehead atoms. The number of thiazole rings is 1. The van der Waals surface area contributed by atoms with E-state index in [2.05, 4.69) is 52.5 Å². The molecule has 1 N–H and O–H groups in total. The van der Waals surface area contributed by atoms with Crippen molar-refractivity contribution in [1.82, 2.24) is 9.88 Å². The van der Waals surface area contributed by atoms with Crippen LogP contribution in [0, 0.1) is 0 Å². The summed E-state index contributed by atoms with van der Waals surface area (Å²) in [6.07, 6.45) is 1.02. The summed E-state index contributed by atoms with van der Waals surface area (Å²) in [7, 11) is 0. The van der Waals surface area contributed by atoms with E-state index in [-0.39, 0.29) is 5.91 Å². The van der Waals surface area contributed by atoms with Gasteiger partial charge in [0.15, 0.2) is 5.13 Å². The van der Waals surface area contributed by atoms with Crippen molar-refractivity contribution in [3.63, 3.8) is 0 Å². The predicted molar refractivity (Wildman–Crippen MR) is 117 cm³/mol. The smallest absolute Gasteiger partial charge is 0.257 e. The summed E-state index contributed by atoms with van der Waals surface area (Å²) in [6, 6.07) is 16.2. The molecule has 0 saturated carbocycles. The summed E-state index contributed by atoms with van der Waals surface area (Å²) in [6.45, 7) is 6.37. The minimum Gasteiger partial charge on any atom is -0.379 e. The molecule has 1 aromatic heterocycles. The third-order valence-corrected chi connectivity index (χ3v) is 5.84. The van der Waals surface area contributed by atoms with Crippen molar-refractivity contribution in [1.29, 1.82) is 0 Å². The molecule has 150 valence electrons. The highest BCUT2D eigenvalue weighted by Gasteiger charge is 2.13. The summed E-state index contributed by atoms with van der Waals surface area (Å²) >= 11 is 1.44. The first-order chi connectivity index (χ1) is 14.2. The van der Waals surface area contributed by atoms with Gasteiger partial charge in [0.05, 0.1) is 18.9 Å². The quantitative estimate of drug-likeness (QED) is 0.656. The number of ether oxygens (including phenoxy) is 1. The van der Waals surface area contributed by atoms with Gasteiger partial charge in [-0.1, -0.05) is 43.3 Å². The number of aromatic nitrogens is 1. The maximum absolute atomic E-state index is 12.7. The van der Waals surface area contributed by atoms with Crippen LogP contribution in [0.15, 0.2) is 53.9 Å². The summed E-state index contributed by atoms with van der Waals surface area (Å²) in [4.78, 5) is 19.6. The van der Waals surface area contributed by atoms with E-state index in [1.54, 1.807) is 0 Å². The lowest BCUT2D eigenvalue weighted by Gasteiger charge is -2.26. The molecule has 0 atom stereocenters. The SMILES string of the molecule is CCc1ccc(-c2csc(NC(=O)c3cccc(CN4CCOCC4)c3)n2)cc1. The molecule has 1 fully saturated rings. The van der Waals surface area contributed by atoms with Gasteiger partial charge in [0.25, 0.3) is 5.91 Å². The Kier molecular flexibility index (Phi) is 6.34. The van der Waals surface area contributed by atoms with Gasteiger partial charge in [0.1, 0.15) is 0 Å². The molecule has 1 aliphatic heterocycles. The minimum absolute atomic E-state index is 0.129. The number of nitrogens with zero attached hydrogens (tertiary/aromatic N) is 2. The number of nitrogens with one attached hydrogen (secondary N) is 1. The molecular formula is C23H25N3O2S. The highest BCUT2D eigenvalue weighted by atomic mass is 32.1. The third kappa shape index (κ3) is 5.09. The first-order valence-electron chi connectivity index (χ1n) is 9.96. The second-order valence-electron chi connectivity index (χ2n) is 7.13. The number of amides is 1. The molecule has 0 radical (unpaired) electrons. The number of anilines is 1. The van der Waals surface area contributed by atoms with Crippen molar-refractivity contribution in [2.24, 2.45) is 0 Å². The Labute approximate surface area is 175 Å². The predicted octanol–water partition coefficient (Wildman–Crippen LogP) is 4.46. The van der Waals surface area contributed by atoms with E-state index in [0.717, 1.165) is 56.1 Å². The second-order valence-corrected chi connectivity index (χ2v) is 7.99. The molecule has 0 unspecified atom stereocenters. The summed E-state index contributed by atoms with van der Waals surface area (Å²) < 4.78 is 5.40. The standard InChI is InChI=1S/C23H25N3O2S/c1-2-17-6-8-19(9-7-17)21-16-29-23(24-21)25-22(27)20-5-3-4-18(14-20)15-26-10-12-28-13-11-26/h3-9,14,16H,2,10-13,15H2,1H3,(H,24,25,27). The van der Waals surface area contributed by atoms with Crippen molar-refractivity contribution in [2.45, 2.75) is 19.9 Å². The maximum atomic E-state index is 12.7. The molecular weight excluding hydrogens is 382 g/mol. The lowest BCUT2D eigenvalue weighted by Crippen LogP contribution is -2.35. The van der Waals surface area contributed by atoms with Crippen LogP contribution in [0.4, 0.5) is 5.13 Å². The number of hydrogen-bond donors (Lipinski definition) is 1. The number of benzene rings is 2. The highest BCUT2D eigenvalue weighted by Crippen LogP contribution is 2.25. The number of morpholine rings is 1. The lowest BCUT2D eigenvalue weighted by atomic mass is 10.1. The van der Waals surface area contributed by atoms with E-state index in [4.69, 9.17) is 4.74 Å². The first kappa shape index (κ1) is 19.8. The van der Waals surface area contributed by atoms with E-state index in [1.165, 1.54) is 16.9 Å². The van der Waals surface area contributed by atoms with E-state index in [9.17, 15) is 4.79 Å². The van der Waals surface area contributed by atoms with Crippen molar-refractivity contribution in [2.75, 3.05) is 31.6 Å². The molecule has 2 aromatic carbocycles. The molecule has 5 nitrogen and oxygen atoms in total. The van der Waals surface area contributed by atoms with Crippen LogP contribution in [-0.4, -0.2) is 42.1 Å². The van der Waals surface area contributed by atoms with Crippen LogP contribution < -0.4 is 5.32 Å². The fourth-order valence-electron chi connectivity index (χ4n) is 3.37. The Bertz CT molecular complexity index is 962. The van der Waals surface area contributed by atoms with Crippen LogP contribution in [0.5, 0.6) is 0 Å². The monoisotopic (exact) mass is 407 g/mol. The number of rotatable bonds is 6. The van der Waals surface area contributed by atoms with Crippen molar-refractivity contribution in [3.05, 3.63) is 70.6 Å². The average Bonchev–Trinajstić information content (AvgIpc) is 3.23. The summed E-state index contributed by atoms with van der Waals surface area (Å²) in [5.74, 6) is -0.129. The number of carbonyl (C=O) groups is 1. The van der Waals surface area contributed by atoms with Crippen LogP contribution in [0.1, 0.15) is 28.4 Å². The fraction of sp³-hybridized carbons (Fsp3) is 0.304. The van der Waals surface area contributed by atoms with Crippen molar-refractivity contribution >= 4 is 22.4 Å². The molecule has 6 heteroatoms. The van der Waals surface area contributed by atoms with Gasteiger partial charge in [-0.05, 0) is 29.7 Å². The summed E-state index contributed by atoms with van der Waals surface area (Å²) in [5, 5.41) is 5.53. The van der Waals surface area contributed by atoms with E-state index < -0.39 is 0 Å². The van der Waals surface area contributed by atoms with Gasteiger partial charge in [0.2, 0.25) is 0 Å². The highest BCUT2D eigenvalue weighted by molar-refractivity contribution is 7.14. The number of carbonyl (C=O) groups excluding carboxylic acids is 1. The zero-order valence-electron chi connectivity index (χ0n) is 16.6. The summed E-state index contributed by atoms with van der Waals surface area (Å²) in [5.41, 5.74) is 5.03. The molecule has 4 rings (SSSR count). The van der Waals surface area contributed by atoms with Gasteiger partial charge < -0.3 is 4.74 Å². The van der Waals surface area contributed by atoms with E-state index in [1.807, 2.05) is 23.6 Å². The topological polar surface area (TPSA) is 54.5 Å². The van der Waals surface area contributed by atoms with Crippen LogP contribution in [0.2, 0.25) is 0 Å². The number of aryl methyl sites for hydroxylation is 1. The second kappa shape index (κ2) is 9.31. The van der Waals surface area contributed by atoms with Gasteiger partial charge in [-0.3, -0.25) is 15.0 Å². The van der Waals surface area contributed by atoms with E-state index >= 15 is 0 Å². The zero-order valence-corrected chi connectivity index (χ0v) is 17.4. The van der Waals surface area contributed by atoms with Gasteiger partial charge >= 0.3 is 0 Å². The maximum Gasteiger partial charge on any atom is 0.257 e. The Hall–Kier alpha value is -2.54. The fourth-order valence-corrected chi connectivity index (χ4v) is 4.09. The Balaban J connectivity index is 1.41. The van der Waals surface area contributed by atoms with Gasteiger partial charge in [-0.25, -0.2) is 4.98 Å². The van der Waals surface area contributed by atoms with Gasteiger partial charge in [0, 0.05) is 36.1 Å². The first-order valence-corrected chi connectivity index (χ1v) is 10.8. The Morgan fingerprint density at radius 1 is 1.14 bits per heavy atom. The van der Waals surface area contributed by atoms with Crippen LogP contribution in [0.3, 0.4) is 0 Å². The van der Waals surface area contributed by atoms with Crippen LogP contribution in [0.25, 0.3) is 11.3 Å². The van der Waals surface area contributed by atoms with E-state index in [0.29, 0.717) is 10.7 Å². The molecule has 1 amide bonds. The lowest BCUT2D eigenvalue weighted by molar-refractivity contribution is 0.0342. The third-order valence-electron chi connectivity index (χ3n) is 5.08. The molecule has 3 aromatic rings. The molecule has 1 aliphatic rings. The number of hydrogen-bond acceptors (Lipinski definition) is 5. The van der Waals surface area contributed by atoms with Gasteiger partial charge in [-0.15, -0.1) is 11.3 Å². The Morgan fingerprint density at radius 2 is 1.93 bits per heavy atom. The normalized spacial score (nSPS) is 14.7.